The molecule has 16 heavy (non-hydrogen) atoms. The van der Waals surface area contributed by atoms with Gasteiger partial charge in [-0.25, -0.2) is 0 Å². The van der Waals surface area contributed by atoms with Crippen LogP contribution in [0.5, 0.6) is 0 Å². The van der Waals surface area contributed by atoms with Crippen LogP contribution in [0.4, 0.5) is 0 Å². The topological polar surface area (TPSA) is 40.5 Å². The molecular weight excluding hydrogens is 199 g/mol. The maximum absolute atomic E-state index is 8.97. The molecule has 0 spiro atoms. The second-order valence-corrected chi connectivity index (χ2v) is 3.35. The first-order valence-electron chi connectivity index (χ1n) is 5.11. The van der Waals surface area contributed by atoms with Crippen LogP contribution >= 0.6 is 0 Å². The molecule has 1 rings (SSSR count). The standard InChI is InChI=1S/C13H15BO2/c1-3-5-11(6-4-2)12-7-9-13(10-8-12)14(15)16/h3-10,15-16H,1H2,2H3/b6-4-,11-5+. The van der Waals surface area contributed by atoms with E-state index in [-0.39, 0.29) is 0 Å². The van der Waals surface area contributed by atoms with Gasteiger partial charge in [0.05, 0.1) is 0 Å². The van der Waals surface area contributed by atoms with Gasteiger partial charge in [-0.3, -0.25) is 0 Å². The summed E-state index contributed by atoms with van der Waals surface area (Å²) in [5.41, 5.74) is 2.54. The molecule has 3 heteroatoms. The first-order chi connectivity index (χ1) is 7.69. The van der Waals surface area contributed by atoms with E-state index >= 15 is 0 Å². The molecule has 0 radical (unpaired) electrons. The summed E-state index contributed by atoms with van der Waals surface area (Å²) in [6.07, 6.45) is 7.56. The first-order valence-corrected chi connectivity index (χ1v) is 5.11. The van der Waals surface area contributed by atoms with Crippen LogP contribution in [-0.2, 0) is 0 Å². The van der Waals surface area contributed by atoms with Crippen LogP contribution in [0.2, 0.25) is 0 Å². The minimum absolute atomic E-state index is 0.488. The van der Waals surface area contributed by atoms with Crippen LogP contribution in [0.1, 0.15) is 12.5 Å². The zero-order valence-electron chi connectivity index (χ0n) is 9.30. The number of allylic oxidation sites excluding steroid dienone is 5. The van der Waals surface area contributed by atoms with Gasteiger partial charge in [-0.1, -0.05) is 55.1 Å². The Kier molecular flexibility index (Phi) is 4.77. The van der Waals surface area contributed by atoms with Crippen molar-refractivity contribution in [2.75, 3.05) is 0 Å². The van der Waals surface area contributed by atoms with Crippen molar-refractivity contribution in [3.8, 4) is 0 Å². The van der Waals surface area contributed by atoms with Crippen molar-refractivity contribution in [3.63, 3.8) is 0 Å². The minimum Gasteiger partial charge on any atom is -0.423 e. The first kappa shape index (κ1) is 12.5. The van der Waals surface area contributed by atoms with E-state index in [1.165, 1.54) is 0 Å². The molecule has 0 aliphatic heterocycles. The monoisotopic (exact) mass is 214 g/mol. The average molecular weight is 214 g/mol. The van der Waals surface area contributed by atoms with Gasteiger partial charge in [0.15, 0.2) is 0 Å². The third-order valence-electron chi connectivity index (χ3n) is 2.19. The summed E-state index contributed by atoms with van der Waals surface area (Å²) in [6, 6.07) is 7.09. The molecule has 0 amide bonds. The highest BCUT2D eigenvalue weighted by Crippen LogP contribution is 2.14. The molecule has 0 unspecified atom stereocenters. The number of rotatable bonds is 4. The summed E-state index contributed by atoms with van der Waals surface area (Å²) in [4.78, 5) is 0. The lowest BCUT2D eigenvalue weighted by atomic mass is 9.80. The van der Waals surface area contributed by atoms with Crippen LogP contribution in [0.25, 0.3) is 5.57 Å². The fourth-order valence-electron chi connectivity index (χ4n) is 1.40. The summed E-state index contributed by atoms with van der Waals surface area (Å²) >= 11 is 0. The molecule has 0 aliphatic carbocycles. The Morgan fingerprint density at radius 3 is 2.31 bits per heavy atom. The average Bonchev–Trinajstić information content (AvgIpc) is 2.29. The Balaban J connectivity index is 3.03. The largest absolute Gasteiger partial charge is 0.488 e. The molecule has 1 aromatic carbocycles. The molecule has 0 saturated heterocycles. The Morgan fingerprint density at radius 1 is 1.25 bits per heavy atom. The lowest BCUT2D eigenvalue weighted by Gasteiger charge is -2.04. The van der Waals surface area contributed by atoms with Crippen molar-refractivity contribution < 1.29 is 10.0 Å². The highest BCUT2D eigenvalue weighted by Gasteiger charge is 2.09. The minimum atomic E-state index is -1.41. The van der Waals surface area contributed by atoms with Crippen LogP contribution in [0.15, 0.2) is 55.1 Å². The van der Waals surface area contributed by atoms with Crippen LogP contribution in [0.3, 0.4) is 0 Å². The number of hydrogen-bond acceptors (Lipinski definition) is 2. The molecule has 0 heterocycles. The van der Waals surface area contributed by atoms with E-state index < -0.39 is 7.12 Å². The lowest BCUT2D eigenvalue weighted by Crippen LogP contribution is -2.29. The van der Waals surface area contributed by atoms with Gasteiger partial charge in [-0.2, -0.15) is 0 Å². The third-order valence-corrected chi connectivity index (χ3v) is 2.19. The van der Waals surface area contributed by atoms with Crippen LogP contribution in [0, 0.1) is 0 Å². The van der Waals surface area contributed by atoms with Crippen molar-refractivity contribution in [2.24, 2.45) is 0 Å². The third kappa shape index (κ3) is 3.23. The molecule has 2 N–H and O–H groups in total. The Labute approximate surface area is 96.4 Å². The van der Waals surface area contributed by atoms with Crippen molar-refractivity contribution >= 4 is 18.2 Å². The van der Waals surface area contributed by atoms with Gasteiger partial charge in [0.25, 0.3) is 0 Å². The van der Waals surface area contributed by atoms with Crippen molar-refractivity contribution in [2.45, 2.75) is 6.92 Å². The summed E-state index contributed by atoms with van der Waals surface area (Å²) in [6.45, 7) is 5.61. The van der Waals surface area contributed by atoms with Crippen molar-refractivity contribution in [1.29, 1.82) is 0 Å². The predicted molar refractivity (Wildman–Crippen MR) is 69.3 cm³/mol. The lowest BCUT2D eigenvalue weighted by molar-refractivity contribution is 0.426. The molecule has 82 valence electrons. The molecule has 0 atom stereocenters. The Bertz CT molecular complexity index is 402. The SMILES string of the molecule is C=C/C=C(\C=C/C)c1ccc(B(O)O)cc1. The smallest absolute Gasteiger partial charge is 0.423 e. The maximum Gasteiger partial charge on any atom is 0.488 e. The molecule has 0 aliphatic rings. The zero-order chi connectivity index (χ0) is 12.0. The van der Waals surface area contributed by atoms with Crippen LogP contribution in [-0.4, -0.2) is 17.2 Å². The van der Waals surface area contributed by atoms with E-state index in [2.05, 4.69) is 6.58 Å². The zero-order valence-corrected chi connectivity index (χ0v) is 9.30. The fourth-order valence-corrected chi connectivity index (χ4v) is 1.40. The highest BCUT2D eigenvalue weighted by molar-refractivity contribution is 6.58. The van der Waals surface area contributed by atoms with Crippen molar-refractivity contribution in [3.05, 3.63) is 60.7 Å². The molecule has 0 bridgehead atoms. The van der Waals surface area contributed by atoms with Gasteiger partial charge in [-0.15, -0.1) is 0 Å². The maximum atomic E-state index is 8.97. The summed E-state index contributed by atoms with van der Waals surface area (Å²) < 4.78 is 0. The summed E-state index contributed by atoms with van der Waals surface area (Å²) in [5, 5.41) is 17.9. The quantitative estimate of drug-likeness (QED) is 0.589. The second-order valence-electron chi connectivity index (χ2n) is 3.35. The van der Waals surface area contributed by atoms with Gasteiger partial charge < -0.3 is 10.0 Å². The van der Waals surface area contributed by atoms with Gasteiger partial charge in [0, 0.05) is 0 Å². The number of hydrogen-bond donors (Lipinski definition) is 2. The van der Waals surface area contributed by atoms with Crippen LogP contribution < -0.4 is 5.46 Å². The van der Waals surface area contributed by atoms with Gasteiger partial charge in [0.2, 0.25) is 0 Å². The van der Waals surface area contributed by atoms with E-state index in [4.69, 9.17) is 10.0 Å². The normalized spacial score (nSPS) is 11.8. The van der Waals surface area contributed by atoms with Gasteiger partial charge >= 0.3 is 7.12 Å². The molecule has 0 fully saturated rings. The van der Waals surface area contributed by atoms with Gasteiger partial charge in [-0.05, 0) is 23.5 Å². The van der Waals surface area contributed by atoms with E-state index in [0.29, 0.717) is 5.46 Å². The van der Waals surface area contributed by atoms with E-state index in [9.17, 15) is 0 Å². The molecule has 1 aromatic rings. The highest BCUT2D eigenvalue weighted by atomic mass is 16.4. The molecule has 2 nitrogen and oxygen atoms in total. The summed E-state index contributed by atoms with van der Waals surface area (Å²) in [5.74, 6) is 0. The van der Waals surface area contributed by atoms with Gasteiger partial charge in [0.1, 0.15) is 0 Å². The second kappa shape index (κ2) is 6.11. The van der Waals surface area contributed by atoms with Crippen molar-refractivity contribution in [1.82, 2.24) is 0 Å². The number of benzene rings is 1. The molecule has 0 saturated carbocycles. The molecular formula is C13H15BO2. The summed E-state index contributed by atoms with van der Waals surface area (Å²) in [7, 11) is -1.41. The van der Waals surface area contributed by atoms with E-state index in [1.54, 1.807) is 18.2 Å². The Morgan fingerprint density at radius 2 is 1.88 bits per heavy atom. The predicted octanol–water partition coefficient (Wildman–Crippen LogP) is 1.51. The fraction of sp³-hybridized carbons (Fsp3) is 0.0769. The van der Waals surface area contributed by atoms with E-state index in [1.807, 2.05) is 37.3 Å². The van der Waals surface area contributed by atoms with E-state index in [0.717, 1.165) is 11.1 Å². The molecule has 0 aromatic heterocycles. The Hall–Kier alpha value is -1.58.